The SMILES string of the molecule is Cn1ncc(-c2cccnc2C(=O)O)n1. The lowest BCUT2D eigenvalue weighted by molar-refractivity contribution is 0.0691. The number of pyridine rings is 1. The largest absolute Gasteiger partial charge is 0.476 e. The van der Waals surface area contributed by atoms with Crippen molar-refractivity contribution in [1.82, 2.24) is 20.0 Å². The predicted octanol–water partition coefficient (Wildman–Crippen LogP) is 0.575. The topological polar surface area (TPSA) is 80.9 Å². The van der Waals surface area contributed by atoms with E-state index in [0.717, 1.165) is 0 Å². The van der Waals surface area contributed by atoms with Crippen LogP contribution in [0.25, 0.3) is 11.3 Å². The van der Waals surface area contributed by atoms with E-state index in [0.29, 0.717) is 11.3 Å². The Kier molecular flexibility index (Phi) is 2.17. The molecule has 0 bridgehead atoms. The van der Waals surface area contributed by atoms with E-state index in [2.05, 4.69) is 15.2 Å². The summed E-state index contributed by atoms with van der Waals surface area (Å²) in [6.45, 7) is 0. The third-order valence-electron chi connectivity index (χ3n) is 1.89. The van der Waals surface area contributed by atoms with Crippen molar-refractivity contribution in [1.29, 1.82) is 0 Å². The van der Waals surface area contributed by atoms with Crippen molar-refractivity contribution in [3.05, 3.63) is 30.2 Å². The van der Waals surface area contributed by atoms with Crippen LogP contribution >= 0.6 is 0 Å². The number of hydrogen-bond acceptors (Lipinski definition) is 4. The van der Waals surface area contributed by atoms with Gasteiger partial charge in [0.25, 0.3) is 0 Å². The summed E-state index contributed by atoms with van der Waals surface area (Å²) in [4.78, 5) is 16.0. The number of hydrogen-bond donors (Lipinski definition) is 1. The first-order valence-electron chi connectivity index (χ1n) is 4.23. The second-order valence-electron chi connectivity index (χ2n) is 2.92. The molecule has 0 saturated carbocycles. The van der Waals surface area contributed by atoms with Gasteiger partial charge in [-0.25, -0.2) is 9.78 Å². The molecule has 1 N–H and O–H groups in total. The molecule has 0 radical (unpaired) electrons. The number of rotatable bonds is 2. The van der Waals surface area contributed by atoms with Crippen LogP contribution in [0.4, 0.5) is 0 Å². The lowest BCUT2D eigenvalue weighted by Crippen LogP contribution is -2.03. The number of aromatic nitrogens is 4. The molecule has 0 saturated heterocycles. The molecule has 0 aliphatic carbocycles. The summed E-state index contributed by atoms with van der Waals surface area (Å²) in [7, 11) is 1.67. The quantitative estimate of drug-likeness (QED) is 0.773. The summed E-state index contributed by atoms with van der Waals surface area (Å²) in [6.07, 6.45) is 2.94. The standard InChI is InChI=1S/C9H8N4O2/c1-13-11-5-7(12-13)6-3-2-4-10-8(6)9(14)15/h2-5H,1H3,(H,14,15). The van der Waals surface area contributed by atoms with E-state index in [-0.39, 0.29) is 5.69 Å². The number of carboxylic acids is 1. The van der Waals surface area contributed by atoms with Gasteiger partial charge >= 0.3 is 5.97 Å². The van der Waals surface area contributed by atoms with Crippen LogP contribution in [0.15, 0.2) is 24.5 Å². The molecule has 2 aromatic heterocycles. The van der Waals surface area contributed by atoms with E-state index in [1.807, 2.05) is 0 Å². The lowest BCUT2D eigenvalue weighted by Gasteiger charge is -1.99. The van der Waals surface area contributed by atoms with Gasteiger partial charge in [-0.15, -0.1) is 0 Å². The van der Waals surface area contributed by atoms with Crippen LogP contribution < -0.4 is 0 Å². The molecular formula is C9H8N4O2. The molecular weight excluding hydrogens is 196 g/mol. The Morgan fingerprint density at radius 2 is 2.33 bits per heavy atom. The first-order chi connectivity index (χ1) is 7.18. The maximum Gasteiger partial charge on any atom is 0.355 e. The number of aryl methyl sites for hydroxylation is 1. The smallest absolute Gasteiger partial charge is 0.355 e. The Balaban J connectivity index is 2.57. The van der Waals surface area contributed by atoms with Gasteiger partial charge in [0.15, 0.2) is 5.69 Å². The van der Waals surface area contributed by atoms with E-state index in [9.17, 15) is 4.79 Å². The van der Waals surface area contributed by atoms with Crippen molar-refractivity contribution in [2.75, 3.05) is 0 Å². The molecule has 0 aliphatic heterocycles. The van der Waals surface area contributed by atoms with Crippen molar-refractivity contribution >= 4 is 5.97 Å². The minimum absolute atomic E-state index is 0.0157. The molecule has 0 fully saturated rings. The maximum absolute atomic E-state index is 10.9. The fourth-order valence-electron chi connectivity index (χ4n) is 1.25. The van der Waals surface area contributed by atoms with Crippen LogP contribution in [-0.2, 0) is 7.05 Å². The van der Waals surface area contributed by atoms with Gasteiger partial charge in [0.05, 0.1) is 6.20 Å². The highest BCUT2D eigenvalue weighted by Gasteiger charge is 2.14. The maximum atomic E-state index is 10.9. The molecule has 15 heavy (non-hydrogen) atoms. The van der Waals surface area contributed by atoms with Crippen molar-refractivity contribution in [3.8, 4) is 11.3 Å². The third-order valence-corrected chi connectivity index (χ3v) is 1.89. The Hall–Kier alpha value is -2.24. The van der Waals surface area contributed by atoms with Crippen molar-refractivity contribution in [3.63, 3.8) is 0 Å². The zero-order chi connectivity index (χ0) is 10.8. The summed E-state index contributed by atoms with van der Waals surface area (Å²) in [6, 6.07) is 3.32. The van der Waals surface area contributed by atoms with Gasteiger partial charge in [0.1, 0.15) is 5.69 Å². The average Bonchev–Trinajstić information content (AvgIpc) is 2.65. The van der Waals surface area contributed by atoms with Crippen molar-refractivity contribution < 1.29 is 9.90 Å². The molecule has 2 heterocycles. The first kappa shape index (κ1) is 9.32. The highest BCUT2D eigenvalue weighted by molar-refractivity contribution is 5.93. The van der Waals surface area contributed by atoms with Crippen LogP contribution in [0.3, 0.4) is 0 Å². The van der Waals surface area contributed by atoms with Crippen LogP contribution in [-0.4, -0.2) is 31.1 Å². The zero-order valence-corrected chi connectivity index (χ0v) is 7.95. The van der Waals surface area contributed by atoms with Gasteiger partial charge in [-0.1, -0.05) is 0 Å². The first-order valence-corrected chi connectivity index (χ1v) is 4.23. The van der Waals surface area contributed by atoms with Crippen molar-refractivity contribution in [2.24, 2.45) is 7.05 Å². The fourth-order valence-corrected chi connectivity index (χ4v) is 1.25. The Labute approximate surface area is 85.2 Å². The molecule has 0 spiro atoms. The zero-order valence-electron chi connectivity index (χ0n) is 7.95. The van der Waals surface area contributed by atoms with Gasteiger partial charge in [-0.3, -0.25) is 0 Å². The molecule has 0 aromatic carbocycles. The highest BCUT2D eigenvalue weighted by Crippen LogP contribution is 2.18. The summed E-state index contributed by atoms with van der Waals surface area (Å²) >= 11 is 0. The Morgan fingerprint density at radius 3 is 2.93 bits per heavy atom. The second kappa shape index (κ2) is 3.49. The van der Waals surface area contributed by atoms with E-state index in [4.69, 9.17) is 5.11 Å². The van der Waals surface area contributed by atoms with Crippen LogP contribution in [0, 0.1) is 0 Å². The molecule has 0 atom stereocenters. The van der Waals surface area contributed by atoms with Gasteiger partial charge in [0.2, 0.25) is 0 Å². The fraction of sp³-hybridized carbons (Fsp3) is 0.111. The number of nitrogens with zero attached hydrogens (tertiary/aromatic N) is 4. The highest BCUT2D eigenvalue weighted by atomic mass is 16.4. The minimum Gasteiger partial charge on any atom is -0.476 e. The van der Waals surface area contributed by atoms with Gasteiger partial charge in [-0.05, 0) is 12.1 Å². The van der Waals surface area contributed by atoms with Gasteiger partial charge in [-0.2, -0.15) is 15.0 Å². The van der Waals surface area contributed by atoms with Crippen LogP contribution in [0.1, 0.15) is 10.5 Å². The van der Waals surface area contributed by atoms with E-state index < -0.39 is 5.97 Å². The molecule has 2 aromatic rings. The number of aromatic carboxylic acids is 1. The monoisotopic (exact) mass is 204 g/mol. The van der Waals surface area contributed by atoms with Gasteiger partial charge in [0, 0.05) is 18.8 Å². The summed E-state index contributed by atoms with van der Waals surface area (Å²) < 4.78 is 0. The number of carbonyl (C=O) groups is 1. The van der Waals surface area contributed by atoms with E-state index >= 15 is 0 Å². The second-order valence-corrected chi connectivity index (χ2v) is 2.92. The summed E-state index contributed by atoms with van der Waals surface area (Å²) in [5, 5.41) is 16.8. The summed E-state index contributed by atoms with van der Waals surface area (Å²) in [5.74, 6) is -1.07. The van der Waals surface area contributed by atoms with Crippen LogP contribution in [0.2, 0.25) is 0 Å². The molecule has 2 rings (SSSR count). The third kappa shape index (κ3) is 1.69. The van der Waals surface area contributed by atoms with E-state index in [1.165, 1.54) is 17.2 Å². The molecule has 76 valence electrons. The molecule has 0 unspecified atom stereocenters. The normalized spacial score (nSPS) is 10.2. The lowest BCUT2D eigenvalue weighted by atomic mass is 10.1. The molecule has 0 amide bonds. The van der Waals surface area contributed by atoms with Crippen LogP contribution in [0.5, 0.6) is 0 Å². The van der Waals surface area contributed by atoms with E-state index in [1.54, 1.807) is 19.2 Å². The molecule has 0 aliphatic rings. The average molecular weight is 204 g/mol. The Morgan fingerprint density at radius 1 is 1.53 bits per heavy atom. The predicted molar refractivity (Wildman–Crippen MR) is 51.2 cm³/mol. The van der Waals surface area contributed by atoms with Gasteiger partial charge < -0.3 is 5.11 Å². The number of carboxylic acid groups (broad SMARTS) is 1. The molecule has 6 heteroatoms. The summed E-state index contributed by atoms with van der Waals surface area (Å²) in [5.41, 5.74) is 0.958. The molecule has 6 nitrogen and oxygen atoms in total. The van der Waals surface area contributed by atoms with Crippen molar-refractivity contribution in [2.45, 2.75) is 0 Å². The minimum atomic E-state index is -1.07. The Bertz CT molecular complexity index is 506.